The summed E-state index contributed by atoms with van der Waals surface area (Å²) in [6.45, 7) is 2.06. The molecule has 106 valence electrons. The second-order valence-corrected chi connectivity index (χ2v) is 5.80. The van der Waals surface area contributed by atoms with Crippen LogP contribution in [0.3, 0.4) is 0 Å². The van der Waals surface area contributed by atoms with Crippen molar-refractivity contribution in [1.82, 2.24) is 19.9 Å². The Morgan fingerprint density at radius 3 is 3.05 bits per heavy atom. The zero-order chi connectivity index (χ0) is 13.5. The van der Waals surface area contributed by atoms with Crippen molar-refractivity contribution in [3.05, 3.63) is 24.0 Å². The molecule has 4 rings (SSSR count). The van der Waals surface area contributed by atoms with E-state index in [1.54, 1.807) is 6.20 Å². The van der Waals surface area contributed by atoms with Crippen molar-refractivity contribution < 1.29 is 9.53 Å². The maximum atomic E-state index is 12.5. The number of allylic oxidation sites excluding steroid dienone is 2. The van der Waals surface area contributed by atoms with Crippen LogP contribution < -0.4 is 0 Å². The Bertz CT molecular complexity index is 545. The molecule has 0 saturated carbocycles. The molecule has 6 nitrogen and oxygen atoms in total. The molecule has 3 heterocycles. The van der Waals surface area contributed by atoms with Crippen LogP contribution in [0.5, 0.6) is 0 Å². The number of carbonyl (C=O) groups excluding carboxylic acids is 1. The van der Waals surface area contributed by atoms with Gasteiger partial charge in [0.2, 0.25) is 5.91 Å². The molecule has 1 aromatic rings. The van der Waals surface area contributed by atoms with E-state index < -0.39 is 0 Å². The number of hydrogen-bond acceptors (Lipinski definition) is 4. The molecular formula is C14H18N4O2. The summed E-state index contributed by atoms with van der Waals surface area (Å²) in [5.74, 6) is 0.423. The van der Waals surface area contributed by atoms with Gasteiger partial charge in [-0.1, -0.05) is 17.4 Å². The van der Waals surface area contributed by atoms with Gasteiger partial charge in [0.05, 0.1) is 30.6 Å². The number of fused-ring (bicyclic) bond motifs is 3. The third-order valence-corrected chi connectivity index (χ3v) is 4.60. The van der Waals surface area contributed by atoms with Crippen LogP contribution in [-0.2, 0) is 16.1 Å². The minimum atomic E-state index is 0.119. The number of piperidine rings is 1. The van der Waals surface area contributed by atoms with E-state index in [4.69, 9.17) is 4.74 Å². The molecule has 0 bridgehead atoms. The van der Waals surface area contributed by atoms with Crippen molar-refractivity contribution >= 4 is 5.91 Å². The van der Waals surface area contributed by atoms with E-state index in [-0.39, 0.29) is 24.0 Å². The monoisotopic (exact) mass is 274 g/mol. The fraction of sp³-hybridized carbons (Fsp3) is 0.643. The molecule has 2 atom stereocenters. The van der Waals surface area contributed by atoms with Crippen LogP contribution >= 0.6 is 0 Å². The lowest BCUT2D eigenvalue weighted by Gasteiger charge is -2.41. The minimum Gasteiger partial charge on any atom is -0.370 e. The number of rotatable bonds is 1. The average molecular weight is 274 g/mol. The van der Waals surface area contributed by atoms with Crippen LogP contribution in [0.25, 0.3) is 0 Å². The lowest BCUT2D eigenvalue weighted by molar-refractivity contribution is -0.141. The summed E-state index contributed by atoms with van der Waals surface area (Å²) in [5.41, 5.74) is 1.00. The summed E-state index contributed by atoms with van der Waals surface area (Å²) in [6, 6.07) is 0.119. The Balaban J connectivity index is 1.52. The van der Waals surface area contributed by atoms with Crippen molar-refractivity contribution in [2.45, 2.75) is 38.0 Å². The molecule has 1 aliphatic carbocycles. The number of likely N-dealkylation sites (tertiary alicyclic amines) is 1. The number of ether oxygens (including phenoxy) is 1. The largest absolute Gasteiger partial charge is 0.370 e. The van der Waals surface area contributed by atoms with Crippen molar-refractivity contribution in [3.8, 4) is 0 Å². The molecular weight excluding hydrogens is 256 g/mol. The van der Waals surface area contributed by atoms with E-state index >= 15 is 0 Å². The zero-order valence-electron chi connectivity index (χ0n) is 11.3. The molecule has 1 amide bonds. The van der Waals surface area contributed by atoms with Crippen LogP contribution in [0, 0.1) is 5.92 Å². The van der Waals surface area contributed by atoms with Gasteiger partial charge in [-0.3, -0.25) is 4.79 Å². The minimum absolute atomic E-state index is 0.119. The van der Waals surface area contributed by atoms with E-state index in [1.807, 2.05) is 9.58 Å². The first-order chi connectivity index (χ1) is 9.83. The van der Waals surface area contributed by atoms with E-state index in [1.165, 1.54) is 0 Å². The predicted molar refractivity (Wildman–Crippen MR) is 70.7 cm³/mol. The van der Waals surface area contributed by atoms with E-state index in [2.05, 4.69) is 22.5 Å². The number of hydrogen-bond donors (Lipinski definition) is 0. The van der Waals surface area contributed by atoms with Gasteiger partial charge in [-0.15, -0.1) is 5.10 Å². The molecule has 2 aliphatic heterocycles. The van der Waals surface area contributed by atoms with Gasteiger partial charge in [-0.25, -0.2) is 4.68 Å². The summed E-state index contributed by atoms with van der Waals surface area (Å²) >= 11 is 0. The lowest BCUT2D eigenvalue weighted by atomic mass is 9.97. The lowest BCUT2D eigenvalue weighted by Crippen LogP contribution is -2.51. The fourth-order valence-electron chi connectivity index (χ4n) is 3.46. The fourth-order valence-corrected chi connectivity index (χ4v) is 3.46. The van der Waals surface area contributed by atoms with Crippen LogP contribution in [-0.4, -0.2) is 45.0 Å². The second-order valence-electron chi connectivity index (χ2n) is 5.80. The Hall–Kier alpha value is -1.69. The maximum absolute atomic E-state index is 12.5. The summed E-state index contributed by atoms with van der Waals surface area (Å²) in [7, 11) is 0. The van der Waals surface area contributed by atoms with Crippen molar-refractivity contribution in [1.29, 1.82) is 0 Å². The van der Waals surface area contributed by atoms with Gasteiger partial charge < -0.3 is 9.64 Å². The van der Waals surface area contributed by atoms with E-state index in [9.17, 15) is 4.79 Å². The third-order valence-electron chi connectivity index (χ3n) is 4.60. The molecule has 0 aromatic carbocycles. The summed E-state index contributed by atoms with van der Waals surface area (Å²) in [6.07, 6.45) is 8.77. The normalized spacial score (nSPS) is 29.3. The van der Waals surface area contributed by atoms with Gasteiger partial charge in [0.25, 0.3) is 0 Å². The summed E-state index contributed by atoms with van der Waals surface area (Å²) in [4.78, 5) is 14.5. The molecule has 6 heteroatoms. The van der Waals surface area contributed by atoms with Crippen molar-refractivity contribution in [2.75, 3.05) is 13.1 Å². The molecule has 20 heavy (non-hydrogen) atoms. The Morgan fingerprint density at radius 1 is 1.35 bits per heavy atom. The molecule has 1 fully saturated rings. The highest BCUT2D eigenvalue weighted by Crippen LogP contribution is 2.31. The van der Waals surface area contributed by atoms with Gasteiger partial charge in [-0.05, 0) is 19.3 Å². The SMILES string of the molecule is O=C(C1CC=CC1)N1CC[C@H]2OCc3cnnn3[C@H]2C1. The van der Waals surface area contributed by atoms with Crippen LogP contribution in [0.4, 0.5) is 0 Å². The molecule has 3 aliphatic rings. The first-order valence-corrected chi connectivity index (χ1v) is 7.27. The Kier molecular flexibility index (Phi) is 2.84. The Labute approximate surface area is 117 Å². The average Bonchev–Trinajstić information content (AvgIpc) is 3.16. The molecule has 1 aromatic heterocycles. The molecule has 0 N–H and O–H groups in total. The predicted octanol–water partition coefficient (Wildman–Crippen LogP) is 0.916. The van der Waals surface area contributed by atoms with Crippen LogP contribution in [0.1, 0.15) is 31.0 Å². The first kappa shape index (κ1) is 12.1. The third kappa shape index (κ3) is 1.86. The van der Waals surface area contributed by atoms with Crippen LogP contribution in [0.15, 0.2) is 18.3 Å². The quantitative estimate of drug-likeness (QED) is 0.714. The highest BCUT2D eigenvalue weighted by molar-refractivity contribution is 5.79. The molecule has 1 saturated heterocycles. The number of aromatic nitrogens is 3. The number of amides is 1. The second kappa shape index (κ2) is 4.70. The first-order valence-electron chi connectivity index (χ1n) is 7.27. The number of carbonyl (C=O) groups is 1. The zero-order valence-corrected chi connectivity index (χ0v) is 11.3. The molecule has 0 spiro atoms. The van der Waals surface area contributed by atoms with Gasteiger partial charge in [0.15, 0.2) is 0 Å². The van der Waals surface area contributed by atoms with Crippen molar-refractivity contribution in [3.63, 3.8) is 0 Å². The van der Waals surface area contributed by atoms with Gasteiger partial charge in [0, 0.05) is 19.0 Å². The van der Waals surface area contributed by atoms with Crippen LogP contribution in [0.2, 0.25) is 0 Å². The standard InChI is InChI=1S/C14H18N4O2/c19-14(10-3-1-2-4-10)17-6-5-13-12(8-17)18-11(9-20-13)7-15-16-18/h1-2,7,10,12-13H,3-6,8-9H2/t12-,13+/m0/s1. The Morgan fingerprint density at radius 2 is 2.20 bits per heavy atom. The van der Waals surface area contributed by atoms with Gasteiger partial charge in [0.1, 0.15) is 0 Å². The van der Waals surface area contributed by atoms with E-state index in [0.717, 1.165) is 31.5 Å². The highest BCUT2D eigenvalue weighted by atomic mass is 16.5. The van der Waals surface area contributed by atoms with Crippen molar-refractivity contribution in [2.24, 2.45) is 5.92 Å². The number of nitrogens with zero attached hydrogens (tertiary/aromatic N) is 4. The van der Waals surface area contributed by atoms with Gasteiger partial charge in [-0.2, -0.15) is 0 Å². The maximum Gasteiger partial charge on any atom is 0.226 e. The summed E-state index contributed by atoms with van der Waals surface area (Å²) < 4.78 is 7.81. The highest BCUT2D eigenvalue weighted by Gasteiger charge is 2.39. The van der Waals surface area contributed by atoms with Gasteiger partial charge >= 0.3 is 0 Å². The summed E-state index contributed by atoms with van der Waals surface area (Å²) in [5, 5.41) is 8.13. The smallest absolute Gasteiger partial charge is 0.226 e. The molecule has 0 radical (unpaired) electrons. The van der Waals surface area contributed by atoms with E-state index in [0.29, 0.717) is 13.2 Å². The molecule has 0 unspecified atom stereocenters. The topological polar surface area (TPSA) is 60.3 Å².